The van der Waals surface area contributed by atoms with E-state index in [1.807, 2.05) is 19.9 Å². The van der Waals surface area contributed by atoms with Crippen molar-refractivity contribution in [3.8, 4) is 0 Å². The third-order valence-electron chi connectivity index (χ3n) is 4.14. The molecular formula is C15H24N4S. The molecule has 0 spiro atoms. The van der Waals surface area contributed by atoms with Crippen LogP contribution in [0.2, 0.25) is 0 Å². The fraction of sp³-hybridized carbons (Fsp3) is 0.600. The lowest BCUT2D eigenvalue weighted by Crippen LogP contribution is -2.42. The molecule has 1 saturated heterocycles. The van der Waals surface area contributed by atoms with Crippen LogP contribution >= 0.6 is 12.2 Å². The third kappa shape index (κ3) is 3.27. The van der Waals surface area contributed by atoms with E-state index in [2.05, 4.69) is 29.2 Å². The van der Waals surface area contributed by atoms with Gasteiger partial charge in [0.25, 0.3) is 0 Å². The van der Waals surface area contributed by atoms with E-state index in [9.17, 15) is 0 Å². The number of piperidine rings is 1. The number of nitrogens with two attached hydrogens (primary N) is 1. The van der Waals surface area contributed by atoms with Crippen molar-refractivity contribution in [2.24, 2.45) is 5.73 Å². The molecule has 2 unspecified atom stereocenters. The first-order chi connectivity index (χ1) is 9.38. The predicted octanol–water partition coefficient (Wildman–Crippen LogP) is 2.23. The van der Waals surface area contributed by atoms with Gasteiger partial charge in [-0.2, -0.15) is 0 Å². The van der Waals surface area contributed by atoms with Crippen LogP contribution in [0.25, 0.3) is 0 Å². The highest BCUT2D eigenvalue weighted by Gasteiger charge is 2.23. The summed E-state index contributed by atoms with van der Waals surface area (Å²) in [5, 5.41) is 3.63. The highest BCUT2D eigenvalue weighted by atomic mass is 32.1. The van der Waals surface area contributed by atoms with Crippen molar-refractivity contribution in [2.45, 2.75) is 45.7 Å². The minimum atomic E-state index is 0.415. The molecule has 4 nitrogen and oxygen atoms in total. The van der Waals surface area contributed by atoms with Gasteiger partial charge in [0.05, 0.1) is 5.56 Å². The molecule has 1 aliphatic heterocycles. The van der Waals surface area contributed by atoms with E-state index in [0.29, 0.717) is 17.1 Å². The summed E-state index contributed by atoms with van der Waals surface area (Å²) in [6.07, 6.45) is 2.27. The fourth-order valence-corrected chi connectivity index (χ4v) is 3.15. The molecule has 3 N–H and O–H groups in total. The lowest BCUT2D eigenvalue weighted by atomic mass is 9.98. The number of aromatic nitrogens is 1. The van der Waals surface area contributed by atoms with Gasteiger partial charge in [-0.1, -0.05) is 12.2 Å². The lowest BCUT2D eigenvalue weighted by molar-refractivity contribution is 0.190. The summed E-state index contributed by atoms with van der Waals surface area (Å²) in [6, 6.07) is 3.11. The first kappa shape index (κ1) is 15.2. The van der Waals surface area contributed by atoms with Gasteiger partial charge in [-0.25, -0.2) is 0 Å². The summed E-state index contributed by atoms with van der Waals surface area (Å²) in [5.41, 5.74) is 9.68. The van der Waals surface area contributed by atoms with Gasteiger partial charge in [0, 0.05) is 35.7 Å². The molecular weight excluding hydrogens is 268 g/mol. The smallest absolute Gasteiger partial charge is 0.107 e. The average Bonchev–Trinajstić information content (AvgIpc) is 2.32. The Morgan fingerprint density at radius 3 is 2.80 bits per heavy atom. The molecule has 0 saturated carbocycles. The van der Waals surface area contributed by atoms with Gasteiger partial charge in [-0.05, 0) is 46.7 Å². The monoisotopic (exact) mass is 292 g/mol. The van der Waals surface area contributed by atoms with Gasteiger partial charge in [0.1, 0.15) is 4.99 Å². The average molecular weight is 292 g/mol. The van der Waals surface area contributed by atoms with Crippen LogP contribution < -0.4 is 11.1 Å². The van der Waals surface area contributed by atoms with Crippen LogP contribution in [-0.4, -0.2) is 40.5 Å². The first-order valence-corrected chi connectivity index (χ1v) is 7.54. The topological polar surface area (TPSA) is 54.2 Å². The van der Waals surface area contributed by atoms with E-state index >= 15 is 0 Å². The van der Waals surface area contributed by atoms with Crippen LogP contribution in [0, 0.1) is 13.8 Å². The van der Waals surface area contributed by atoms with Gasteiger partial charge in [-0.3, -0.25) is 4.98 Å². The summed E-state index contributed by atoms with van der Waals surface area (Å²) in [7, 11) is 2.18. The molecule has 0 amide bonds. The third-order valence-corrected chi connectivity index (χ3v) is 4.35. The standard InChI is InChI=1S/C15H24N4S/c1-9-7-13(14(15(16)20)11(3)17-9)18-12-5-6-19(4)10(2)8-12/h7,10,12H,5-6,8H2,1-4H3,(H2,16,20)(H,17,18). The van der Waals surface area contributed by atoms with E-state index in [4.69, 9.17) is 18.0 Å². The molecule has 2 rings (SSSR count). The Morgan fingerprint density at radius 1 is 1.50 bits per heavy atom. The number of anilines is 1. The van der Waals surface area contributed by atoms with E-state index in [1.165, 1.54) is 0 Å². The van der Waals surface area contributed by atoms with Crippen LogP contribution in [0.15, 0.2) is 6.07 Å². The van der Waals surface area contributed by atoms with Crippen molar-refractivity contribution in [2.75, 3.05) is 18.9 Å². The van der Waals surface area contributed by atoms with Crippen LogP contribution in [-0.2, 0) is 0 Å². The molecule has 5 heteroatoms. The number of hydrogen-bond acceptors (Lipinski definition) is 4. The fourth-order valence-electron chi connectivity index (χ4n) is 2.89. The minimum Gasteiger partial charge on any atom is -0.389 e. The summed E-state index contributed by atoms with van der Waals surface area (Å²) in [6.45, 7) is 7.35. The quantitative estimate of drug-likeness (QED) is 0.837. The molecule has 0 aliphatic carbocycles. The van der Waals surface area contributed by atoms with E-state index in [0.717, 1.165) is 42.0 Å². The Bertz CT molecular complexity index is 515. The molecule has 0 aromatic carbocycles. The molecule has 20 heavy (non-hydrogen) atoms. The summed E-state index contributed by atoms with van der Waals surface area (Å²) in [5.74, 6) is 0. The van der Waals surface area contributed by atoms with Crippen molar-refractivity contribution in [3.05, 3.63) is 23.0 Å². The van der Waals surface area contributed by atoms with E-state index in [-0.39, 0.29) is 0 Å². The summed E-state index contributed by atoms with van der Waals surface area (Å²) in [4.78, 5) is 7.27. The Balaban J connectivity index is 2.23. The minimum absolute atomic E-state index is 0.415. The van der Waals surface area contributed by atoms with Gasteiger partial charge in [-0.15, -0.1) is 0 Å². The molecule has 1 aromatic heterocycles. The lowest BCUT2D eigenvalue weighted by Gasteiger charge is -2.36. The zero-order valence-corrected chi connectivity index (χ0v) is 13.5. The van der Waals surface area contributed by atoms with Crippen molar-refractivity contribution >= 4 is 22.9 Å². The Morgan fingerprint density at radius 2 is 2.20 bits per heavy atom. The molecule has 0 bridgehead atoms. The number of thiocarbonyl (C=S) groups is 1. The first-order valence-electron chi connectivity index (χ1n) is 7.13. The molecule has 0 radical (unpaired) electrons. The van der Waals surface area contributed by atoms with Gasteiger partial charge in [0.2, 0.25) is 0 Å². The van der Waals surface area contributed by atoms with Crippen molar-refractivity contribution in [3.63, 3.8) is 0 Å². The molecule has 2 heterocycles. The van der Waals surface area contributed by atoms with Gasteiger partial charge in [0.15, 0.2) is 0 Å². The zero-order chi connectivity index (χ0) is 14.9. The second-order valence-electron chi connectivity index (χ2n) is 5.83. The molecule has 2 atom stereocenters. The Hall–Kier alpha value is -1.20. The highest BCUT2D eigenvalue weighted by molar-refractivity contribution is 7.80. The Labute approximate surface area is 126 Å². The van der Waals surface area contributed by atoms with Crippen molar-refractivity contribution in [1.82, 2.24) is 9.88 Å². The van der Waals surface area contributed by atoms with Crippen LogP contribution in [0.5, 0.6) is 0 Å². The number of nitrogens with zero attached hydrogens (tertiary/aromatic N) is 2. The molecule has 1 aliphatic rings. The maximum absolute atomic E-state index is 5.86. The molecule has 110 valence electrons. The molecule has 1 aromatic rings. The van der Waals surface area contributed by atoms with Crippen LogP contribution in [0.4, 0.5) is 5.69 Å². The van der Waals surface area contributed by atoms with Crippen molar-refractivity contribution < 1.29 is 0 Å². The zero-order valence-electron chi connectivity index (χ0n) is 12.7. The number of likely N-dealkylation sites (tertiary alicyclic amines) is 1. The SMILES string of the molecule is Cc1cc(NC2CCN(C)C(C)C2)c(C(N)=S)c(C)n1. The van der Waals surface area contributed by atoms with Crippen molar-refractivity contribution in [1.29, 1.82) is 0 Å². The second kappa shape index (κ2) is 6.06. The largest absolute Gasteiger partial charge is 0.389 e. The van der Waals surface area contributed by atoms with Crippen LogP contribution in [0.1, 0.15) is 36.7 Å². The number of aryl methyl sites for hydroxylation is 2. The number of hydrogen-bond donors (Lipinski definition) is 2. The number of nitrogens with one attached hydrogen (secondary N) is 1. The Kier molecular flexibility index (Phi) is 4.60. The molecule has 1 fully saturated rings. The maximum Gasteiger partial charge on any atom is 0.107 e. The van der Waals surface area contributed by atoms with E-state index < -0.39 is 0 Å². The summed E-state index contributed by atoms with van der Waals surface area (Å²) >= 11 is 5.18. The normalized spacial score (nSPS) is 23.6. The van der Waals surface area contributed by atoms with Crippen LogP contribution in [0.3, 0.4) is 0 Å². The number of pyridine rings is 1. The predicted molar refractivity (Wildman–Crippen MR) is 88.3 cm³/mol. The van der Waals surface area contributed by atoms with E-state index in [1.54, 1.807) is 0 Å². The second-order valence-corrected chi connectivity index (χ2v) is 6.27. The maximum atomic E-state index is 5.86. The summed E-state index contributed by atoms with van der Waals surface area (Å²) < 4.78 is 0. The highest BCUT2D eigenvalue weighted by Crippen LogP contribution is 2.24. The number of rotatable bonds is 3. The van der Waals surface area contributed by atoms with Gasteiger partial charge >= 0.3 is 0 Å². The van der Waals surface area contributed by atoms with Gasteiger partial charge < -0.3 is 16.0 Å².